The van der Waals surface area contributed by atoms with E-state index in [1.54, 1.807) is 41.4 Å². The van der Waals surface area contributed by atoms with Crippen LogP contribution in [0, 0.1) is 17.0 Å². The van der Waals surface area contributed by atoms with Crippen molar-refractivity contribution in [3.8, 4) is 0 Å². The Morgan fingerprint density at radius 1 is 0.809 bits per heavy atom. The molecule has 5 aromatic rings. The molecule has 0 amide bonds. The third kappa shape index (κ3) is 5.28. The molecule has 0 fully saturated rings. The van der Waals surface area contributed by atoms with E-state index < -0.39 is 26.4 Å². The Kier molecular flexibility index (Phi) is 7.49. The summed E-state index contributed by atoms with van der Waals surface area (Å²) in [6.07, 6.45) is 1.73. The fourth-order valence-electron chi connectivity index (χ4n) is 6.08. The zero-order valence-electron chi connectivity index (χ0n) is 25.2. The first-order chi connectivity index (χ1) is 22.8. The lowest BCUT2D eigenvalue weighted by Gasteiger charge is -2.36. The SMILES string of the molecule is Cc1ccc(S(=O)(=O)N=C2OC(c3ccccc3[N+](=O)[O-])=CC23C(c2ccccc2)C(c2ccccc2)=NN3c2ccccc2)cc1. The molecular weight excluding hydrogens is 612 g/mol. The van der Waals surface area contributed by atoms with E-state index in [2.05, 4.69) is 4.40 Å². The number of nitrogens with zero attached hydrogens (tertiary/aromatic N) is 4. The first-order valence-electron chi connectivity index (χ1n) is 14.9. The molecule has 2 unspecified atom stereocenters. The van der Waals surface area contributed by atoms with Crippen molar-refractivity contribution in [3.63, 3.8) is 0 Å². The second-order valence-corrected chi connectivity index (χ2v) is 12.8. The Morgan fingerprint density at radius 2 is 1.40 bits per heavy atom. The number of aryl methyl sites for hydroxylation is 1. The summed E-state index contributed by atoms with van der Waals surface area (Å²) in [6, 6.07) is 41.1. The zero-order chi connectivity index (χ0) is 32.6. The van der Waals surface area contributed by atoms with Crippen molar-refractivity contribution in [2.75, 3.05) is 5.01 Å². The van der Waals surface area contributed by atoms with Crippen molar-refractivity contribution < 1.29 is 18.1 Å². The van der Waals surface area contributed by atoms with Gasteiger partial charge in [-0.1, -0.05) is 109 Å². The number of benzene rings is 5. The summed E-state index contributed by atoms with van der Waals surface area (Å²) >= 11 is 0. The first kappa shape index (κ1) is 29.8. The van der Waals surface area contributed by atoms with Gasteiger partial charge in [-0.25, -0.2) is 5.01 Å². The molecule has 2 aliphatic heterocycles. The average molecular weight is 641 g/mol. The average Bonchev–Trinajstić information content (AvgIpc) is 3.64. The minimum atomic E-state index is -4.33. The topological polar surface area (TPSA) is 114 Å². The lowest BCUT2D eigenvalue weighted by molar-refractivity contribution is -0.385. The van der Waals surface area contributed by atoms with Gasteiger partial charge in [-0.05, 0) is 54.5 Å². The van der Waals surface area contributed by atoms with Gasteiger partial charge in [-0.15, -0.1) is 4.40 Å². The molecule has 0 radical (unpaired) electrons. The highest BCUT2D eigenvalue weighted by atomic mass is 32.2. The van der Waals surface area contributed by atoms with E-state index in [0.29, 0.717) is 11.4 Å². The number of anilines is 1. The number of para-hydroxylation sites is 2. The number of hydrazone groups is 1. The minimum Gasteiger partial charge on any atom is -0.438 e. The van der Waals surface area contributed by atoms with Crippen molar-refractivity contribution in [1.82, 2.24) is 0 Å². The summed E-state index contributed by atoms with van der Waals surface area (Å²) in [7, 11) is -4.33. The van der Waals surface area contributed by atoms with Crippen LogP contribution >= 0.6 is 0 Å². The van der Waals surface area contributed by atoms with Crippen molar-refractivity contribution >= 4 is 38.8 Å². The standard InChI is InChI=1S/C37H28N4O5S/c1-26-21-23-30(24-22-26)47(44,45)39-36-37(25-33(46-36)31-19-11-12-20-32(31)41(42)43)34(27-13-5-2-6-14-27)35(28-15-7-3-8-16-28)38-40(37)29-17-9-4-10-18-29/h2-25,34H,1H3. The number of nitro benzene ring substituents is 1. The van der Waals surface area contributed by atoms with E-state index in [1.807, 2.05) is 97.9 Å². The second-order valence-electron chi connectivity index (χ2n) is 11.2. The number of hydrogen-bond donors (Lipinski definition) is 0. The van der Waals surface area contributed by atoms with Gasteiger partial charge in [-0.3, -0.25) is 10.1 Å². The maximum atomic E-state index is 14.0. The van der Waals surface area contributed by atoms with Gasteiger partial charge < -0.3 is 4.74 Å². The molecule has 0 saturated carbocycles. The summed E-state index contributed by atoms with van der Waals surface area (Å²) in [6.45, 7) is 1.86. The lowest BCUT2D eigenvalue weighted by atomic mass is 9.75. The Morgan fingerprint density at radius 3 is 2.06 bits per heavy atom. The molecule has 2 heterocycles. The predicted molar refractivity (Wildman–Crippen MR) is 182 cm³/mol. The summed E-state index contributed by atoms with van der Waals surface area (Å²) < 4.78 is 38.9. The third-order valence-electron chi connectivity index (χ3n) is 8.26. The fourth-order valence-corrected chi connectivity index (χ4v) is 7.07. The molecule has 1 spiro atoms. The predicted octanol–water partition coefficient (Wildman–Crippen LogP) is 7.51. The molecule has 232 valence electrons. The van der Waals surface area contributed by atoms with Crippen LogP contribution in [-0.2, 0) is 14.8 Å². The van der Waals surface area contributed by atoms with Crippen molar-refractivity contribution in [2.45, 2.75) is 23.3 Å². The molecule has 0 saturated heterocycles. The Labute approximate surface area is 272 Å². The normalized spacial score (nSPS) is 19.8. The zero-order valence-corrected chi connectivity index (χ0v) is 26.0. The number of hydrogen-bond acceptors (Lipinski definition) is 7. The van der Waals surface area contributed by atoms with Gasteiger partial charge in [0.05, 0.1) is 32.7 Å². The molecule has 5 aromatic carbocycles. The monoisotopic (exact) mass is 640 g/mol. The van der Waals surface area contributed by atoms with Crippen LogP contribution in [0.1, 0.15) is 28.2 Å². The molecule has 2 atom stereocenters. The van der Waals surface area contributed by atoms with E-state index in [1.165, 1.54) is 18.2 Å². The van der Waals surface area contributed by atoms with Gasteiger partial charge in [0.15, 0.2) is 5.54 Å². The smallest absolute Gasteiger partial charge is 0.285 e. The highest BCUT2D eigenvalue weighted by Gasteiger charge is 2.60. The molecular formula is C37H28N4O5S. The third-order valence-corrected chi connectivity index (χ3v) is 9.54. The van der Waals surface area contributed by atoms with Crippen LogP contribution in [0.25, 0.3) is 5.76 Å². The Bertz CT molecular complexity index is 2170. The van der Waals surface area contributed by atoms with Crippen molar-refractivity contribution in [3.05, 3.63) is 178 Å². The Balaban J connectivity index is 1.57. The molecule has 0 aromatic heterocycles. The molecule has 2 aliphatic rings. The molecule has 7 rings (SSSR count). The van der Waals surface area contributed by atoms with Gasteiger partial charge >= 0.3 is 0 Å². The largest absolute Gasteiger partial charge is 0.438 e. The van der Waals surface area contributed by atoms with Gasteiger partial charge in [0.2, 0.25) is 5.90 Å². The number of sulfonamides is 1. The van der Waals surface area contributed by atoms with Gasteiger partial charge in [0, 0.05) is 6.07 Å². The van der Waals surface area contributed by atoms with Crippen LogP contribution in [0.3, 0.4) is 0 Å². The first-order valence-corrected chi connectivity index (χ1v) is 16.3. The van der Waals surface area contributed by atoms with Crippen molar-refractivity contribution in [2.24, 2.45) is 9.50 Å². The Hall–Kier alpha value is -5.87. The van der Waals surface area contributed by atoms with E-state index in [-0.39, 0.29) is 27.8 Å². The number of rotatable bonds is 7. The van der Waals surface area contributed by atoms with Gasteiger partial charge in [-0.2, -0.15) is 13.5 Å². The molecule has 9 nitrogen and oxygen atoms in total. The van der Waals surface area contributed by atoms with Crippen LogP contribution in [0.4, 0.5) is 11.4 Å². The maximum Gasteiger partial charge on any atom is 0.285 e. The van der Waals surface area contributed by atoms with Crippen molar-refractivity contribution in [1.29, 1.82) is 0 Å². The summed E-state index contributed by atoms with van der Waals surface area (Å²) in [4.78, 5) is 11.7. The second kappa shape index (κ2) is 11.8. The van der Waals surface area contributed by atoms with E-state index >= 15 is 0 Å². The van der Waals surface area contributed by atoms with Crippen LogP contribution < -0.4 is 5.01 Å². The molecule has 0 aliphatic carbocycles. The maximum absolute atomic E-state index is 14.0. The van der Waals surface area contributed by atoms with E-state index in [9.17, 15) is 18.5 Å². The number of nitro groups is 1. The minimum absolute atomic E-state index is 0.0155. The summed E-state index contributed by atoms with van der Waals surface area (Å²) in [5.41, 5.74) is 2.30. The molecule has 0 N–H and O–H groups in total. The van der Waals surface area contributed by atoms with E-state index in [4.69, 9.17) is 9.84 Å². The van der Waals surface area contributed by atoms with Crippen LogP contribution in [0.5, 0.6) is 0 Å². The highest BCUT2D eigenvalue weighted by molar-refractivity contribution is 7.90. The van der Waals surface area contributed by atoms with Crippen LogP contribution in [0.2, 0.25) is 0 Å². The quantitative estimate of drug-likeness (QED) is 0.134. The number of ether oxygens (including phenoxy) is 1. The highest BCUT2D eigenvalue weighted by Crippen LogP contribution is 2.52. The molecule has 10 heteroatoms. The fraction of sp³-hybridized carbons (Fsp3) is 0.0811. The van der Waals surface area contributed by atoms with Crippen LogP contribution in [0.15, 0.2) is 160 Å². The summed E-state index contributed by atoms with van der Waals surface area (Å²) in [5, 5.41) is 19.1. The van der Waals surface area contributed by atoms with Gasteiger partial charge in [0.25, 0.3) is 15.7 Å². The summed E-state index contributed by atoms with van der Waals surface area (Å²) in [5.74, 6) is -0.737. The van der Waals surface area contributed by atoms with Gasteiger partial charge in [0.1, 0.15) is 5.76 Å². The molecule has 47 heavy (non-hydrogen) atoms. The van der Waals surface area contributed by atoms with Crippen LogP contribution in [-0.4, -0.2) is 30.5 Å². The van der Waals surface area contributed by atoms with E-state index in [0.717, 1.165) is 16.7 Å². The molecule has 0 bridgehead atoms. The lowest BCUT2D eigenvalue weighted by Crippen LogP contribution is -2.51.